The Hall–Kier alpha value is -3.32. The Kier molecular flexibility index (Phi) is 6.02. The van der Waals surface area contributed by atoms with E-state index in [4.69, 9.17) is 10.5 Å². The number of nitrogens with zero attached hydrogens (tertiary/aromatic N) is 4. The van der Waals surface area contributed by atoms with E-state index in [0.29, 0.717) is 19.0 Å². The molecule has 2 aromatic heterocycles. The van der Waals surface area contributed by atoms with E-state index in [2.05, 4.69) is 20.3 Å². The molecule has 6 rings (SSSR count). The Morgan fingerprint density at radius 2 is 1.97 bits per heavy atom. The van der Waals surface area contributed by atoms with Gasteiger partial charge in [-0.3, -0.25) is 0 Å². The summed E-state index contributed by atoms with van der Waals surface area (Å²) in [4.78, 5) is 14.6. The molecular weight excluding hydrogens is 527 g/mol. The molecule has 200 valence electrons. The van der Waals surface area contributed by atoms with Crippen molar-refractivity contribution in [2.75, 3.05) is 36.9 Å². The van der Waals surface area contributed by atoms with Gasteiger partial charge in [-0.25, -0.2) is 13.8 Å². The summed E-state index contributed by atoms with van der Waals surface area (Å²) in [5.41, 5.74) is 3.05. The van der Waals surface area contributed by atoms with E-state index >= 15 is 4.39 Å². The SMILES string of the molecule is CCOc1nc(N2CCC3CCNCC32)c2cc(C(F)(F)F)c(-c3ccc(F)c4sc(N)nc34)c(F)c2n1. The second-order valence-electron chi connectivity index (χ2n) is 9.40. The van der Waals surface area contributed by atoms with Crippen molar-refractivity contribution in [1.29, 1.82) is 0 Å². The lowest BCUT2D eigenvalue weighted by atomic mass is 9.93. The number of nitrogen functional groups attached to an aromatic ring is 1. The predicted molar refractivity (Wildman–Crippen MR) is 135 cm³/mol. The number of nitrogens with one attached hydrogen (secondary N) is 1. The molecule has 2 unspecified atom stereocenters. The number of hydrogen-bond donors (Lipinski definition) is 2. The zero-order chi connectivity index (χ0) is 26.8. The molecule has 4 aromatic rings. The molecule has 4 heterocycles. The van der Waals surface area contributed by atoms with E-state index in [0.717, 1.165) is 48.9 Å². The Labute approximate surface area is 217 Å². The molecule has 2 aromatic carbocycles. The largest absolute Gasteiger partial charge is 0.464 e. The molecule has 0 spiro atoms. The summed E-state index contributed by atoms with van der Waals surface area (Å²) in [5, 5.41) is 3.22. The lowest BCUT2D eigenvalue weighted by Crippen LogP contribution is -2.46. The van der Waals surface area contributed by atoms with E-state index < -0.39 is 28.9 Å². The first-order valence-corrected chi connectivity index (χ1v) is 13.1. The number of anilines is 2. The van der Waals surface area contributed by atoms with Gasteiger partial charge in [0.15, 0.2) is 10.9 Å². The molecule has 38 heavy (non-hydrogen) atoms. The molecule has 0 bridgehead atoms. The number of fused-ring (bicyclic) bond motifs is 3. The summed E-state index contributed by atoms with van der Waals surface area (Å²) < 4.78 is 79.9. The lowest BCUT2D eigenvalue weighted by Gasteiger charge is -2.33. The van der Waals surface area contributed by atoms with Crippen LogP contribution in [0.3, 0.4) is 0 Å². The second-order valence-corrected chi connectivity index (χ2v) is 10.4. The molecule has 0 aliphatic carbocycles. The van der Waals surface area contributed by atoms with Crippen LogP contribution in [-0.2, 0) is 6.18 Å². The molecule has 2 saturated heterocycles. The van der Waals surface area contributed by atoms with Gasteiger partial charge >= 0.3 is 12.2 Å². The molecule has 2 aliphatic heterocycles. The smallest absolute Gasteiger partial charge is 0.417 e. The van der Waals surface area contributed by atoms with Gasteiger partial charge in [0.05, 0.1) is 22.4 Å². The van der Waals surface area contributed by atoms with Crippen LogP contribution >= 0.6 is 11.3 Å². The van der Waals surface area contributed by atoms with Crippen LogP contribution in [0.5, 0.6) is 6.01 Å². The summed E-state index contributed by atoms with van der Waals surface area (Å²) in [6, 6.07) is 2.82. The standard InChI is InChI=1S/C25H23F5N6OS/c1-2-37-24-34-19-13(22(35-24)36-8-6-11-5-7-32-10-16(11)36)9-14(25(28,29)30)17(18(19)27)12-3-4-15(26)21-20(12)33-23(31)38-21/h3-4,9,11,16,32H,2,5-8,10H2,1H3,(H2,31,33). The van der Waals surface area contributed by atoms with E-state index in [1.54, 1.807) is 6.92 Å². The number of thiazole rings is 1. The van der Waals surface area contributed by atoms with Gasteiger partial charge in [0.1, 0.15) is 17.2 Å². The van der Waals surface area contributed by atoms with Crippen molar-refractivity contribution in [2.45, 2.75) is 32.0 Å². The average Bonchev–Trinajstić information content (AvgIpc) is 3.48. The van der Waals surface area contributed by atoms with Crippen LogP contribution in [0.1, 0.15) is 25.3 Å². The lowest BCUT2D eigenvalue weighted by molar-refractivity contribution is -0.137. The van der Waals surface area contributed by atoms with Crippen molar-refractivity contribution in [2.24, 2.45) is 5.92 Å². The normalized spacial score (nSPS) is 19.9. The van der Waals surface area contributed by atoms with Crippen LogP contribution in [0.25, 0.3) is 32.2 Å². The minimum absolute atomic E-state index is 0.00288. The van der Waals surface area contributed by atoms with Gasteiger partial charge < -0.3 is 20.7 Å². The quantitative estimate of drug-likeness (QED) is 0.330. The van der Waals surface area contributed by atoms with Crippen LogP contribution in [0.4, 0.5) is 32.9 Å². The van der Waals surface area contributed by atoms with Crippen LogP contribution in [0.2, 0.25) is 0 Å². The number of piperidine rings is 1. The van der Waals surface area contributed by atoms with Gasteiger partial charge in [-0.15, -0.1) is 0 Å². The Morgan fingerprint density at radius 1 is 1.16 bits per heavy atom. The number of alkyl halides is 3. The first-order valence-electron chi connectivity index (χ1n) is 12.2. The maximum absolute atomic E-state index is 16.4. The predicted octanol–water partition coefficient (Wildman–Crippen LogP) is 5.37. The van der Waals surface area contributed by atoms with Crippen LogP contribution < -0.4 is 20.7 Å². The van der Waals surface area contributed by atoms with Gasteiger partial charge in [0.2, 0.25) is 0 Å². The van der Waals surface area contributed by atoms with E-state index in [9.17, 15) is 17.6 Å². The number of aromatic nitrogens is 3. The molecular formula is C25H23F5N6OS. The Balaban J connectivity index is 1.66. The second kappa shape index (κ2) is 9.16. The fourth-order valence-electron chi connectivity index (χ4n) is 5.62. The minimum Gasteiger partial charge on any atom is -0.464 e. The summed E-state index contributed by atoms with van der Waals surface area (Å²) in [6.07, 6.45) is -3.15. The van der Waals surface area contributed by atoms with Crippen molar-refractivity contribution in [3.8, 4) is 17.1 Å². The van der Waals surface area contributed by atoms with Gasteiger partial charge in [0, 0.05) is 35.6 Å². The molecule has 2 atom stereocenters. The molecule has 0 radical (unpaired) electrons. The van der Waals surface area contributed by atoms with Crippen molar-refractivity contribution in [3.05, 3.63) is 35.4 Å². The molecule has 13 heteroatoms. The fourth-order valence-corrected chi connectivity index (χ4v) is 6.38. The topological polar surface area (TPSA) is 89.2 Å². The van der Waals surface area contributed by atoms with Gasteiger partial charge in [-0.2, -0.15) is 23.1 Å². The number of ether oxygens (including phenoxy) is 1. The summed E-state index contributed by atoms with van der Waals surface area (Å²) in [6.45, 7) is 3.97. The Bertz CT molecular complexity index is 1560. The molecule has 7 nitrogen and oxygen atoms in total. The molecule has 2 fully saturated rings. The van der Waals surface area contributed by atoms with Gasteiger partial charge in [0.25, 0.3) is 0 Å². The fraction of sp³-hybridized carbons (Fsp3) is 0.400. The molecule has 2 aliphatic rings. The highest BCUT2D eigenvalue weighted by Gasteiger charge is 2.41. The number of benzene rings is 2. The number of halogens is 5. The third-order valence-corrected chi connectivity index (χ3v) is 8.15. The van der Waals surface area contributed by atoms with E-state index in [1.165, 1.54) is 0 Å². The minimum atomic E-state index is -4.94. The van der Waals surface area contributed by atoms with Crippen LogP contribution in [0.15, 0.2) is 18.2 Å². The third kappa shape index (κ3) is 3.99. The molecule has 0 saturated carbocycles. The van der Waals surface area contributed by atoms with Crippen molar-refractivity contribution in [1.82, 2.24) is 20.3 Å². The van der Waals surface area contributed by atoms with Crippen molar-refractivity contribution >= 4 is 43.4 Å². The maximum atomic E-state index is 16.4. The molecule has 0 amide bonds. The highest BCUT2D eigenvalue weighted by atomic mass is 32.1. The number of rotatable bonds is 4. The van der Waals surface area contributed by atoms with Crippen LogP contribution in [-0.4, -0.2) is 47.2 Å². The first-order chi connectivity index (χ1) is 18.2. The van der Waals surface area contributed by atoms with Gasteiger partial charge in [-0.05, 0) is 50.4 Å². The summed E-state index contributed by atoms with van der Waals surface area (Å²) in [5.74, 6) is -1.37. The first kappa shape index (κ1) is 25.0. The van der Waals surface area contributed by atoms with Crippen LogP contribution in [0, 0.1) is 17.6 Å². The van der Waals surface area contributed by atoms with Gasteiger partial charge in [-0.1, -0.05) is 11.3 Å². The summed E-state index contributed by atoms with van der Waals surface area (Å²) >= 11 is 0.779. The third-order valence-electron chi connectivity index (χ3n) is 7.25. The average molecular weight is 551 g/mol. The van der Waals surface area contributed by atoms with E-state index in [1.807, 2.05) is 4.90 Å². The zero-order valence-electron chi connectivity index (χ0n) is 20.2. The maximum Gasteiger partial charge on any atom is 0.417 e. The van der Waals surface area contributed by atoms with Crippen molar-refractivity contribution < 1.29 is 26.7 Å². The monoisotopic (exact) mass is 550 g/mol. The van der Waals surface area contributed by atoms with E-state index in [-0.39, 0.29) is 56.3 Å². The van der Waals surface area contributed by atoms with Crippen molar-refractivity contribution in [3.63, 3.8) is 0 Å². The molecule has 3 N–H and O–H groups in total. The Morgan fingerprint density at radius 3 is 2.74 bits per heavy atom. The zero-order valence-corrected chi connectivity index (χ0v) is 21.0. The highest BCUT2D eigenvalue weighted by molar-refractivity contribution is 7.22. The number of nitrogens with two attached hydrogens (primary N) is 1. The highest BCUT2D eigenvalue weighted by Crippen LogP contribution is 2.46. The summed E-state index contributed by atoms with van der Waals surface area (Å²) in [7, 11) is 0. The number of hydrogen-bond acceptors (Lipinski definition) is 8.